The van der Waals surface area contributed by atoms with Crippen molar-refractivity contribution in [2.24, 2.45) is 5.84 Å². The molecule has 0 aliphatic carbocycles. The van der Waals surface area contributed by atoms with Crippen LogP contribution in [0, 0.1) is 0 Å². The van der Waals surface area contributed by atoms with E-state index in [0.29, 0.717) is 37.0 Å². The lowest BCUT2D eigenvalue weighted by atomic mass is 10.1. The van der Waals surface area contributed by atoms with Gasteiger partial charge in [0.05, 0.1) is 6.10 Å². The topological polar surface area (TPSA) is 97.5 Å². The molecule has 7 nitrogen and oxygen atoms in total. The average molecular weight is 379 g/mol. The fraction of sp³-hybridized carbons (Fsp3) is 0.583. The summed E-state index contributed by atoms with van der Waals surface area (Å²) in [7, 11) is -3.62. The summed E-state index contributed by atoms with van der Waals surface area (Å²) in [5.41, 5.74) is 2.33. The third-order valence-corrected chi connectivity index (χ3v) is 5.72. The number of rotatable bonds is 5. The Bertz CT molecular complexity index is 588. The lowest BCUT2D eigenvalue weighted by molar-refractivity contribution is 0.0290. The van der Waals surface area contributed by atoms with Crippen LogP contribution in [0.1, 0.15) is 19.8 Å². The van der Waals surface area contributed by atoms with Crippen LogP contribution in [-0.2, 0) is 14.8 Å². The molecule has 9 heteroatoms. The zero-order valence-corrected chi connectivity index (χ0v) is 14.2. The maximum absolute atomic E-state index is 12.7. The first-order valence-electron chi connectivity index (χ1n) is 6.73. The van der Waals surface area contributed by atoms with Gasteiger partial charge in [-0.2, -0.15) is 4.31 Å². The van der Waals surface area contributed by atoms with Gasteiger partial charge in [-0.15, -0.1) is 0 Å². The van der Waals surface area contributed by atoms with E-state index < -0.39 is 10.0 Å². The van der Waals surface area contributed by atoms with Crippen molar-refractivity contribution in [2.75, 3.05) is 25.1 Å². The van der Waals surface area contributed by atoms with Crippen LogP contribution < -0.4 is 11.3 Å². The van der Waals surface area contributed by atoms with E-state index in [0.717, 1.165) is 0 Å². The summed E-state index contributed by atoms with van der Waals surface area (Å²) in [5.74, 6) is 5.50. The Balaban J connectivity index is 2.21. The van der Waals surface area contributed by atoms with Crippen molar-refractivity contribution in [3.63, 3.8) is 0 Å². The number of sulfonamides is 1. The summed E-state index contributed by atoms with van der Waals surface area (Å²) in [6.07, 6.45) is 3.02. The molecule has 1 aliphatic heterocycles. The molecular weight excluding hydrogens is 360 g/mol. The molecule has 1 aliphatic rings. The summed E-state index contributed by atoms with van der Waals surface area (Å²) < 4.78 is 33.0. The summed E-state index contributed by atoms with van der Waals surface area (Å²) in [6.45, 7) is 3.46. The molecule has 1 saturated heterocycles. The SMILES string of the molecule is CCOC1CCN(S(=O)(=O)c2cc(Br)cnc2NN)CC1. The molecule has 0 aromatic carbocycles. The van der Waals surface area contributed by atoms with Gasteiger partial charge in [-0.3, -0.25) is 0 Å². The minimum atomic E-state index is -3.62. The minimum absolute atomic E-state index is 0.0780. The standard InChI is InChI=1S/C12H19BrN4O3S/c1-2-20-10-3-5-17(6-4-10)21(18,19)11-7-9(13)8-15-12(11)16-14/h7-8,10H,2-6,14H2,1H3,(H,15,16). The van der Waals surface area contributed by atoms with Gasteiger partial charge in [-0.1, -0.05) is 0 Å². The predicted molar refractivity (Wildman–Crippen MR) is 83.2 cm³/mol. The number of nitrogens with zero attached hydrogens (tertiary/aromatic N) is 2. The number of halogens is 1. The zero-order valence-electron chi connectivity index (χ0n) is 11.8. The number of aromatic nitrogens is 1. The second-order valence-electron chi connectivity index (χ2n) is 4.70. The molecule has 3 N–H and O–H groups in total. The Hall–Kier alpha value is -0.740. The van der Waals surface area contributed by atoms with Crippen molar-refractivity contribution in [3.8, 4) is 0 Å². The third kappa shape index (κ3) is 3.72. The number of piperidine rings is 1. The summed E-state index contributed by atoms with van der Waals surface area (Å²) >= 11 is 3.24. The first-order chi connectivity index (χ1) is 9.98. The second kappa shape index (κ2) is 7.01. The van der Waals surface area contributed by atoms with E-state index in [-0.39, 0.29) is 16.8 Å². The molecule has 1 aromatic heterocycles. The Morgan fingerprint density at radius 2 is 2.19 bits per heavy atom. The van der Waals surface area contributed by atoms with Crippen LogP contribution in [0.2, 0.25) is 0 Å². The van der Waals surface area contributed by atoms with Crippen LogP contribution in [-0.4, -0.2) is 43.5 Å². The monoisotopic (exact) mass is 378 g/mol. The highest BCUT2D eigenvalue weighted by Crippen LogP contribution is 2.27. The van der Waals surface area contributed by atoms with Crippen LogP contribution in [0.3, 0.4) is 0 Å². The molecule has 0 saturated carbocycles. The summed E-state index contributed by atoms with van der Waals surface area (Å²) in [6, 6.07) is 1.51. The van der Waals surface area contributed by atoms with Crippen molar-refractivity contribution in [1.82, 2.24) is 9.29 Å². The van der Waals surface area contributed by atoms with Crippen molar-refractivity contribution in [2.45, 2.75) is 30.8 Å². The van der Waals surface area contributed by atoms with Crippen LogP contribution in [0.25, 0.3) is 0 Å². The van der Waals surface area contributed by atoms with E-state index in [9.17, 15) is 8.42 Å². The molecule has 1 fully saturated rings. The van der Waals surface area contributed by atoms with E-state index >= 15 is 0 Å². The number of hydrogen-bond acceptors (Lipinski definition) is 6. The van der Waals surface area contributed by atoms with Crippen LogP contribution in [0.15, 0.2) is 21.6 Å². The molecule has 1 aromatic rings. The number of hydrazine groups is 1. The highest BCUT2D eigenvalue weighted by atomic mass is 79.9. The zero-order chi connectivity index (χ0) is 15.5. The number of anilines is 1. The number of nitrogen functional groups attached to an aromatic ring is 1. The fourth-order valence-corrected chi connectivity index (χ4v) is 4.42. The fourth-order valence-electron chi connectivity index (χ4n) is 2.34. The van der Waals surface area contributed by atoms with Crippen molar-refractivity contribution < 1.29 is 13.2 Å². The van der Waals surface area contributed by atoms with Crippen molar-refractivity contribution in [3.05, 3.63) is 16.7 Å². The second-order valence-corrected chi connectivity index (χ2v) is 7.53. The minimum Gasteiger partial charge on any atom is -0.378 e. The van der Waals surface area contributed by atoms with Crippen LogP contribution >= 0.6 is 15.9 Å². The Kier molecular flexibility index (Phi) is 5.55. The number of nitrogens with one attached hydrogen (secondary N) is 1. The summed E-state index contributed by atoms with van der Waals surface area (Å²) in [5, 5.41) is 0. The number of nitrogens with two attached hydrogens (primary N) is 1. The Labute approximate surface area is 133 Å². The molecule has 0 unspecified atom stereocenters. The lowest BCUT2D eigenvalue weighted by Crippen LogP contribution is -2.41. The van der Waals surface area contributed by atoms with Gasteiger partial charge in [0.25, 0.3) is 0 Å². The normalized spacial score (nSPS) is 17.9. The van der Waals surface area contributed by atoms with E-state index in [1.54, 1.807) is 0 Å². The highest BCUT2D eigenvalue weighted by Gasteiger charge is 2.31. The van der Waals surface area contributed by atoms with Crippen molar-refractivity contribution in [1.29, 1.82) is 0 Å². The predicted octanol–water partition coefficient (Wildman–Crippen LogP) is 1.32. The molecule has 2 heterocycles. The molecule has 0 atom stereocenters. The number of pyridine rings is 1. The lowest BCUT2D eigenvalue weighted by Gasteiger charge is -2.31. The largest absolute Gasteiger partial charge is 0.378 e. The maximum Gasteiger partial charge on any atom is 0.246 e. The number of ether oxygens (including phenoxy) is 1. The Morgan fingerprint density at radius 3 is 2.76 bits per heavy atom. The smallest absolute Gasteiger partial charge is 0.246 e. The molecule has 0 radical (unpaired) electrons. The first-order valence-corrected chi connectivity index (χ1v) is 8.96. The van der Waals surface area contributed by atoms with Gasteiger partial charge in [0, 0.05) is 30.4 Å². The number of hydrogen-bond donors (Lipinski definition) is 2. The van der Waals surface area contributed by atoms with Gasteiger partial charge in [-0.25, -0.2) is 19.2 Å². The Morgan fingerprint density at radius 1 is 1.52 bits per heavy atom. The van der Waals surface area contributed by atoms with E-state index in [2.05, 4.69) is 26.3 Å². The molecule has 2 rings (SSSR count). The maximum atomic E-state index is 12.7. The van der Waals surface area contributed by atoms with Gasteiger partial charge in [0.1, 0.15) is 4.90 Å². The molecule has 118 valence electrons. The first kappa shape index (κ1) is 16.6. The van der Waals surface area contributed by atoms with Gasteiger partial charge >= 0.3 is 0 Å². The van der Waals surface area contributed by atoms with Gasteiger partial charge in [0.15, 0.2) is 5.82 Å². The molecule has 21 heavy (non-hydrogen) atoms. The molecule has 0 amide bonds. The van der Waals surface area contributed by atoms with Gasteiger partial charge in [0.2, 0.25) is 10.0 Å². The molecule has 0 bridgehead atoms. The summed E-state index contributed by atoms with van der Waals surface area (Å²) in [4.78, 5) is 4.07. The van der Waals surface area contributed by atoms with Crippen LogP contribution in [0.5, 0.6) is 0 Å². The van der Waals surface area contributed by atoms with Gasteiger partial charge in [-0.05, 0) is 41.8 Å². The van der Waals surface area contributed by atoms with E-state index in [1.807, 2.05) is 6.92 Å². The van der Waals surface area contributed by atoms with E-state index in [4.69, 9.17) is 10.6 Å². The van der Waals surface area contributed by atoms with Crippen LogP contribution in [0.4, 0.5) is 5.82 Å². The van der Waals surface area contributed by atoms with E-state index in [1.165, 1.54) is 16.6 Å². The van der Waals surface area contributed by atoms with Gasteiger partial charge < -0.3 is 10.2 Å². The third-order valence-electron chi connectivity index (χ3n) is 3.38. The quantitative estimate of drug-likeness (QED) is 0.592. The molecular formula is C12H19BrN4O3S. The van der Waals surface area contributed by atoms with Crippen molar-refractivity contribution >= 4 is 31.8 Å². The average Bonchev–Trinajstić information content (AvgIpc) is 2.48. The highest BCUT2D eigenvalue weighted by molar-refractivity contribution is 9.10. The molecule has 0 spiro atoms.